The molecule has 0 aliphatic carbocycles. The van der Waals surface area contributed by atoms with Crippen LogP contribution in [0.1, 0.15) is 23.6 Å². The van der Waals surface area contributed by atoms with Crippen molar-refractivity contribution in [3.05, 3.63) is 65.7 Å². The van der Waals surface area contributed by atoms with Crippen LogP contribution in [0.2, 0.25) is 0 Å². The molecule has 0 radical (unpaired) electrons. The molecule has 0 saturated heterocycles. The van der Waals surface area contributed by atoms with Gasteiger partial charge in [-0.15, -0.1) is 0 Å². The predicted octanol–water partition coefficient (Wildman–Crippen LogP) is 2.98. The van der Waals surface area contributed by atoms with E-state index in [4.69, 9.17) is 5.26 Å². The second-order valence-corrected chi connectivity index (χ2v) is 4.30. The topological polar surface area (TPSA) is 56.0 Å². The van der Waals surface area contributed by atoms with Crippen molar-refractivity contribution in [1.29, 1.82) is 5.26 Å². The van der Waals surface area contributed by atoms with E-state index in [1.54, 1.807) is 12.1 Å². The van der Waals surface area contributed by atoms with Crippen molar-refractivity contribution >= 4 is 0 Å². The number of hydrogen-bond donors (Lipinski definition) is 2. The summed E-state index contributed by atoms with van der Waals surface area (Å²) in [7, 11) is 0. The lowest BCUT2D eigenvalue weighted by Crippen LogP contribution is -2.23. The van der Waals surface area contributed by atoms with Gasteiger partial charge in [0, 0.05) is 13.0 Å². The van der Waals surface area contributed by atoms with E-state index in [0.717, 1.165) is 11.1 Å². The van der Waals surface area contributed by atoms with Crippen LogP contribution in [-0.2, 0) is 0 Å². The molecular weight excluding hydrogens is 236 g/mol. The minimum Gasteiger partial charge on any atom is -0.508 e. The summed E-state index contributed by atoms with van der Waals surface area (Å²) >= 11 is 0. The minimum absolute atomic E-state index is 0.0372. The molecule has 0 saturated carbocycles. The summed E-state index contributed by atoms with van der Waals surface area (Å²) < 4.78 is 0. The van der Waals surface area contributed by atoms with Gasteiger partial charge in [-0.05, 0) is 23.3 Å². The molecule has 0 amide bonds. The fraction of sp³-hybridized carbons (Fsp3) is 0.188. The predicted molar refractivity (Wildman–Crippen MR) is 74.6 cm³/mol. The third-order valence-corrected chi connectivity index (χ3v) is 2.94. The SMILES string of the molecule is N#CCCNC(c1ccccc1)c1ccc(O)cc1. The van der Waals surface area contributed by atoms with E-state index >= 15 is 0 Å². The maximum absolute atomic E-state index is 9.36. The summed E-state index contributed by atoms with van der Waals surface area (Å²) in [6.45, 7) is 0.636. The monoisotopic (exact) mass is 252 g/mol. The number of rotatable bonds is 5. The Morgan fingerprint density at radius 2 is 1.63 bits per heavy atom. The van der Waals surface area contributed by atoms with Crippen LogP contribution in [-0.4, -0.2) is 11.7 Å². The number of aromatic hydroxyl groups is 1. The summed E-state index contributed by atoms with van der Waals surface area (Å²) in [4.78, 5) is 0. The molecule has 3 nitrogen and oxygen atoms in total. The molecule has 0 heterocycles. The lowest BCUT2D eigenvalue weighted by atomic mass is 9.98. The Morgan fingerprint density at radius 3 is 2.26 bits per heavy atom. The van der Waals surface area contributed by atoms with E-state index in [0.29, 0.717) is 13.0 Å². The Labute approximate surface area is 113 Å². The van der Waals surface area contributed by atoms with Crippen LogP contribution in [0.4, 0.5) is 0 Å². The standard InChI is InChI=1S/C16H16N2O/c17-11-4-12-18-16(13-5-2-1-3-6-13)14-7-9-15(19)10-8-14/h1-3,5-10,16,18-19H,4,12H2. The summed E-state index contributed by atoms with van der Waals surface area (Å²) in [5, 5.41) is 21.4. The van der Waals surface area contributed by atoms with E-state index in [-0.39, 0.29) is 11.8 Å². The molecule has 2 aromatic carbocycles. The second-order valence-electron chi connectivity index (χ2n) is 4.30. The number of phenols is 1. The van der Waals surface area contributed by atoms with E-state index in [1.165, 1.54) is 0 Å². The van der Waals surface area contributed by atoms with Crippen LogP contribution < -0.4 is 5.32 Å². The lowest BCUT2D eigenvalue weighted by molar-refractivity contribution is 0.474. The van der Waals surface area contributed by atoms with Crippen LogP contribution >= 0.6 is 0 Å². The zero-order chi connectivity index (χ0) is 13.5. The Kier molecular flexibility index (Phi) is 4.54. The molecule has 1 atom stereocenters. The van der Waals surface area contributed by atoms with Crippen LogP contribution in [0.5, 0.6) is 5.75 Å². The molecule has 2 rings (SSSR count). The Bertz CT molecular complexity index is 543. The summed E-state index contributed by atoms with van der Waals surface area (Å²) in [6.07, 6.45) is 0.474. The first-order chi connectivity index (χ1) is 9.31. The number of hydrogen-bond acceptors (Lipinski definition) is 3. The van der Waals surface area contributed by atoms with Gasteiger partial charge in [-0.25, -0.2) is 0 Å². The van der Waals surface area contributed by atoms with E-state index in [9.17, 15) is 5.11 Å². The van der Waals surface area contributed by atoms with Gasteiger partial charge in [-0.3, -0.25) is 0 Å². The van der Waals surface area contributed by atoms with E-state index < -0.39 is 0 Å². The average Bonchev–Trinajstić information content (AvgIpc) is 2.46. The van der Waals surface area contributed by atoms with Gasteiger partial charge in [0.1, 0.15) is 5.75 Å². The number of nitrogens with one attached hydrogen (secondary N) is 1. The van der Waals surface area contributed by atoms with Gasteiger partial charge in [0.25, 0.3) is 0 Å². The van der Waals surface area contributed by atoms with Gasteiger partial charge < -0.3 is 10.4 Å². The largest absolute Gasteiger partial charge is 0.508 e. The first-order valence-corrected chi connectivity index (χ1v) is 6.25. The number of nitrogens with zero attached hydrogens (tertiary/aromatic N) is 1. The minimum atomic E-state index is 0.0372. The van der Waals surface area contributed by atoms with Gasteiger partial charge in [0.05, 0.1) is 12.1 Å². The fourth-order valence-corrected chi connectivity index (χ4v) is 2.01. The molecule has 96 valence electrons. The maximum Gasteiger partial charge on any atom is 0.115 e. The highest BCUT2D eigenvalue weighted by atomic mass is 16.3. The van der Waals surface area contributed by atoms with Crippen LogP contribution in [0.3, 0.4) is 0 Å². The van der Waals surface area contributed by atoms with Crippen molar-refractivity contribution < 1.29 is 5.11 Å². The van der Waals surface area contributed by atoms with Gasteiger partial charge in [0.2, 0.25) is 0 Å². The number of benzene rings is 2. The molecule has 1 unspecified atom stereocenters. The Balaban J connectivity index is 2.24. The van der Waals surface area contributed by atoms with Crippen molar-refractivity contribution in [3.8, 4) is 11.8 Å². The average molecular weight is 252 g/mol. The smallest absolute Gasteiger partial charge is 0.115 e. The highest BCUT2D eigenvalue weighted by Gasteiger charge is 2.12. The van der Waals surface area contributed by atoms with E-state index in [1.807, 2.05) is 30.3 Å². The summed E-state index contributed by atoms with van der Waals surface area (Å²) in [5.41, 5.74) is 2.22. The van der Waals surface area contributed by atoms with Gasteiger partial charge >= 0.3 is 0 Å². The molecule has 0 spiro atoms. The maximum atomic E-state index is 9.36. The third-order valence-electron chi connectivity index (χ3n) is 2.94. The molecule has 3 heteroatoms. The van der Waals surface area contributed by atoms with Crippen molar-refractivity contribution in [2.24, 2.45) is 0 Å². The van der Waals surface area contributed by atoms with Crippen LogP contribution in [0.15, 0.2) is 54.6 Å². The number of nitriles is 1. The molecule has 0 bridgehead atoms. The summed E-state index contributed by atoms with van der Waals surface area (Å²) in [5.74, 6) is 0.257. The molecule has 2 N–H and O–H groups in total. The molecule has 0 aliphatic heterocycles. The molecule has 0 fully saturated rings. The zero-order valence-corrected chi connectivity index (χ0v) is 10.6. The fourth-order valence-electron chi connectivity index (χ4n) is 2.01. The quantitative estimate of drug-likeness (QED) is 0.804. The summed E-state index contributed by atoms with van der Waals surface area (Å²) in [6, 6.07) is 19.4. The van der Waals surface area contributed by atoms with Gasteiger partial charge in [-0.1, -0.05) is 42.5 Å². The van der Waals surface area contributed by atoms with Gasteiger partial charge in [0.15, 0.2) is 0 Å². The first kappa shape index (κ1) is 13.1. The van der Waals surface area contributed by atoms with Crippen LogP contribution in [0.25, 0.3) is 0 Å². The molecule has 2 aromatic rings. The van der Waals surface area contributed by atoms with E-state index in [2.05, 4.69) is 23.5 Å². The normalized spacial score (nSPS) is 11.7. The molecular formula is C16H16N2O. The van der Waals surface area contributed by atoms with Crippen molar-refractivity contribution in [2.45, 2.75) is 12.5 Å². The van der Waals surface area contributed by atoms with Crippen molar-refractivity contribution in [2.75, 3.05) is 6.54 Å². The Morgan fingerprint density at radius 1 is 1.00 bits per heavy atom. The van der Waals surface area contributed by atoms with Crippen molar-refractivity contribution in [3.63, 3.8) is 0 Å². The lowest BCUT2D eigenvalue weighted by Gasteiger charge is -2.19. The number of phenolic OH excluding ortho intramolecular Hbond substituents is 1. The van der Waals surface area contributed by atoms with Gasteiger partial charge in [-0.2, -0.15) is 5.26 Å². The van der Waals surface area contributed by atoms with Crippen LogP contribution in [0, 0.1) is 11.3 Å². The first-order valence-electron chi connectivity index (χ1n) is 6.25. The highest BCUT2D eigenvalue weighted by molar-refractivity contribution is 5.34. The third kappa shape index (κ3) is 3.57. The zero-order valence-electron chi connectivity index (χ0n) is 10.6. The molecule has 19 heavy (non-hydrogen) atoms. The molecule has 0 aliphatic rings. The Hall–Kier alpha value is -2.31. The van der Waals surface area contributed by atoms with Crippen molar-refractivity contribution in [1.82, 2.24) is 5.32 Å². The second kappa shape index (κ2) is 6.58. The highest BCUT2D eigenvalue weighted by Crippen LogP contribution is 2.23. The molecule has 0 aromatic heterocycles.